The molecule has 1 aliphatic heterocycles. The number of nitrogens with two attached hydrogens (primary N) is 1. The van der Waals surface area contributed by atoms with E-state index in [4.69, 9.17) is 26.8 Å². The molecule has 1 saturated heterocycles. The van der Waals surface area contributed by atoms with E-state index in [9.17, 15) is 33.5 Å². The van der Waals surface area contributed by atoms with Crippen molar-refractivity contribution in [1.29, 1.82) is 0 Å². The molecular formula is C72H70ClFN4O8. The zero-order chi connectivity index (χ0) is 61.0. The van der Waals surface area contributed by atoms with E-state index in [2.05, 4.69) is 49.1 Å². The number of hydrogen-bond acceptors (Lipinski definition) is 8. The van der Waals surface area contributed by atoms with Crippen molar-refractivity contribution in [3.63, 3.8) is 0 Å². The van der Waals surface area contributed by atoms with Gasteiger partial charge in [0.05, 0.1) is 38.0 Å². The van der Waals surface area contributed by atoms with Crippen LogP contribution in [0.2, 0.25) is 5.02 Å². The van der Waals surface area contributed by atoms with E-state index in [1.165, 1.54) is 11.6 Å². The molecule has 10 aromatic rings. The number of amides is 1. The Morgan fingerprint density at radius 3 is 1.78 bits per heavy atom. The maximum Gasteiger partial charge on any atom is 0.337 e. The molecule has 0 aliphatic carbocycles. The van der Waals surface area contributed by atoms with Crippen LogP contribution < -0.4 is 15.4 Å². The van der Waals surface area contributed by atoms with Crippen LogP contribution >= 0.6 is 11.6 Å². The van der Waals surface area contributed by atoms with E-state index < -0.39 is 17.7 Å². The van der Waals surface area contributed by atoms with Gasteiger partial charge in [-0.1, -0.05) is 177 Å². The summed E-state index contributed by atoms with van der Waals surface area (Å²) in [6, 6.07) is 62.5. The van der Waals surface area contributed by atoms with Gasteiger partial charge in [0.2, 0.25) is 0 Å². The highest BCUT2D eigenvalue weighted by Crippen LogP contribution is 2.29. The molecule has 440 valence electrons. The van der Waals surface area contributed by atoms with Crippen LogP contribution in [0.3, 0.4) is 0 Å². The zero-order valence-electron chi connectivity index (χ0n) is 48.5. The van der Waals surface area contributed by atoms with Crippen molar-refractivity contribution >= 4 is 68.3 Å². The van der Waals surface area contributed by atoms with Crippen molar-refractivity contribution in [2.45, 2.75) is 59.0 Å². The van der Waals surface area contributed by atoms with E-state index in [0.29, 0.717) is 72.2 Å². The molecule has 1 amide bonds. The first-order valence-corrected chi connectivity index (χ1v) is 29.1. The van der Waals surface area contributed by atoms with Gasteiger partial charge in [0.1, 0.15) is 11.6 Å². The molecule has 1 unspecified atom stereocenters. The van der Waals surface area contributed by atoms with Gasteiger partial charge in [-0.05, 0) is 95.6 Å². The maximum atomic E-state index is 13.7. The number of rotatable bonds is 19. The van der Waals surface area contributed by atoms with Gasteiger partial charge in [0.15, 0.2) is 11.6 Å². The zero-order valence-corrected chi connectivity index (χ0v) is 49.3. The number of nitrogens with zero attached hydrogens (tertiary/aromatic N) is 3. The summed E-state index contributed by atoms with van der Waals surface area (Å²) in [6.07, 6.45) is 7.17. The first-order chi connectivity index (χ1) is 41.7. The summed E-state index contributed by atoms with van der Waals surface area (Å²) in [5.74, 6) is -1.33. The summed E-state index contributed by atoms with van der Waals surface area (Å²) >= 11 is 6.17. The van der Waals surface area contributed by atoms with Gasteiger partial charge in [0.25, 0.3) is 11.7 Å². The number of anilines is 1. The second-order valence-electron chi connectivity index (χ2n) is 20.8. The number of hydrogen-bond donors (Lipinski definition) is 2. The van der Waals surface area contributed by atoms with Crippen molar-refractivity contribution in [1.82, 2.24) is 9.13 Å². The highest BCUT2D eigenvalue weighted by Gasteiger charge is 2.21. The molecule has 1 fully saturated rings. The Balaban J connectivity index is 0.000000149. The number of benzene rings is 8. The normalized spacial score (nSPS) is 12.1. The maximum absolute atomic E-state index is 13.7. The molecule has 0 spiro atoms. The van der Waals surface area contributed by atoms with E-state index >= 15 is 0 Å². The number of ether oxygens (including phenoxy) is 2. The number of Topliss-reactive ketones (excluding diaryl/α,β-unsaturated/α-hetero) is 3. The lowest BCUT2D eigenvalue weighted by Crippen LogP contribution is -2.36. The first kappa shape index (κ1) is 62.6. The number of morpholine rings is 1. The van der Waals surface area contributed by atoms with Gasteiger partial charge in [-0.2, -0.15) is 0 Å². The van der Waals surface area contributed by atoms with Crippen LogP contribution in [0, 0.1) is 11.7 Å². The third kappa shape index (κ3) is 16.7. The average molecular weight is 1170 g/mol. The monoisotopic (exact) mass is 1170 g/mol. The summed E-state index contributed by atoms with van der Waals surface area (Å²) in [7, 11) is 1.61. The Labute approximate surface area is 506 Å². The van der Waals surface area contributed by atoms with Gasteiger partial charge in [-0.25, -0.2) is 9.18 Å². The number of aromatic nitrogens is 2. The molecular weight excluding hydrogens is 1100 g/mol. The quantitative estimate of drug-likeness (QED) is 0.0592. The number of fused-ring (bicyclic) bond motifs is 2. The summed E-state index contributed by atoms with van der Waals surface area (Å²) < 4.78 is 28.0. The fourth-order valence-electron chi connectivity index (χ4n) is 10.4. The van der Waals surface area contributed by atoms with Crippen molar-refractivity contribution in [3.05, 3.63) is 273 Å². The van der Waals surface area contributed by atoms with Gasteiger partial charge in [-0.15, -0.1) is 0 Å². The smallest absolute Gasteiger partial charge is 0.337 e. The average Bonchev–Trinajstić information content (AvgIpc) is 2.45. The molecule has 1 atom stereocenters. The van der Waals surface area contributed by atoms with Gasteiger partial charge < -0.3 is 34.3 Å². The fourth-order valence-corrected chi connectivity index (χ4v) is 10.6. The molecule has 11 rings (SSSR count). The number of carbonyl (C=O) groups excluding carboxylic acids is 4. The number of aromatic carboxylic acids is 1. The lowest BCUT2D eigenvalue weighted by molar-refractivity contribution is -0.114. The molecule has 1 aliphatic rings. The number of halogens is 2. The minimum atomic E-state index is -0.978. The minimum absolute atomic E-state index is 0.0782. The Kier molecular flexibility index (Phi) is 22.5. The minimum Gasteiger partial charge on any atom is -0.497 e. The van der Waals surface area contributed by atoms with Gasteiger partial charge in [-0.3, -0.25) is 19.2 Å². The van der Waals surface area contributed by atoms with Crippen LogP contribution in [0.4, 0.5) is 10.1 Å². The van der Waals surface area contributed by atoms with Crippen LogP contribution in [0.5, 0.6) is 5.75 Å². The van der Waals surface area contributed by atoms with E-state index in [-0.39, 0.29) is 22.9 Å². The number of para-hydroxylation sites is 2. The topological polar surface area (TPSA) is 163 Å². The third-order valence-corrected chi connectivity index (χ3v) is 15.3. The number of carboxylic acid groups (broad SMARTS) is 1. The highest BCUT2D eigenvalue weighted by atomic mass is 35.5. The number of carbonyl (C=O) groups is 5. The van der Waals surface area contributed by atoms with Crippen LogP contribution in [0.15, 0.2) is 213 Å². The number of primary amides is 1. The van der Waals surface area contributed by atoms with Crippen molar-refractivity contribution in [3.8, 4) is 5.75 Å². The largest absolute Gasteiger partial charge is 0.497 e. The van der Waals surface area contributed by atoms with E-state index in [1.54, 1.807) is 78.7 Å². The van der Waals surface area contributed by atoms with Crippen LogP contribution in [-0.2, 0) is 41.9 Å². The predicted octanol–water partition coefficient (Wildman–Crippen LogP) is 14.6. The number of methoxy groups -OCH3 is 1. The number of ketones is 3. The summed E-state index contributed by atoms with van der Waals surface area (Å²) in [5.41, 5.74) is 15.1. The lowest BCUT2D eigenvalue weighted by Gasteiger charge is -2.30. The van der Waals surface area contributed by atoms with Crippen LogP contribution in [0.1, 0.15) is 95.9 Å². The predicted molar refractivity (Wildman–Crippen MR) is 340 cm³/mol. The highest BCUT2D eigenvalue weighted by molar-refractivity contribution is 6.44. The Bertz CT molecular complexity index is 3910. The van der Waals surface area contributed by atoms with Crippen molar-refractivity contribution < 1.29 is 42.9 Å². The number of aryl methyl sites for hydroxylation is 1. The summed E-state index contributed by atoms with van der Waals surface area (Å²) in [5, 5.41) is 11.3. The second kappa shape index (κ2) is 30.9. The molecule has 3 N–H and O–H groups in total. The third-order valence-electron chi connectivity index (χ3n) is 15.0. The van der Waals surface area contributed by atoms with E-state index in [0.717, 1.165) is 82.5 Å². The van der Waals surface area contributed by atoms with E-state index in [1.807, 2.05) is 114 Å². The Morgan fingerprint density at radius 1 is 0.616 bits per heavy atom. The lowest BCUT2D eigenvalue weighted by atomic mass is 9.89. The molecule has 14 heteroatoms. The Morgan fingerprint density at radius 2 is 1.17 bits per heavy atom. The van der Waals surface area contributed by atoms with Crippen LogP contribution in [-0.4, -0.2) is 76.9 Å². The molecule has 3 heterocycles. The molecule has 0 bridgehead atoms. The molecule has 0 saturated carbocycles. The summed E-state index contributed by atoms with van der Waals surface area (Å²) in [4.78, 5) is 61.8. The standard InChI is InChI=1S/C20H24O.C19H20ClNO3.C17H14N2O2.C16H12FNO2/c1-3-16(14-17-10-6-5-7-11-17)15-20(21)19-13-9-8-12-18(19)4-2;1-23-17-6-3-14(4-7-17)19(22)12-15-2-5-16(20)13-18(15)21-8-10-24-11-9-21;18-17(21)16(20)14-11-19(10-12-6-2-1-3-7-12)15-9-5-4-8-13(14)15;17-14-7-3-1-5-11(14)9-18-10-13(16(19)20)12-6-2-4-8-15(12)18/h5-13,16H,3-4,14-15H2,1-2H3;2-7,13H,8-12H2,1H3;1-9,11H,10H2,(H2,18,21);1-8,10H,9H2,(H,19,20). The SMILES string of the molecule is CCc1ccccc1C(=O)CC(CC)Cc1ccccc1.COc1ccc(C(=O)Cc2ccc(Cl)cc2N2CCOCC2)cc1.NC(=O)C(=O)c1cn(Cc2ccccc2)c2ccccc12.O=C(O)c1cn(Cc2ccccc2F)c2ccccc12. The number of carboxylic acids is 1. The second-order valence-corrected chi connectivity index (χ2v) is 21.2. The van der Waals surface area contributed by atoms with Gasteiger partial charge in [0, 0.05) is 94.1 Å². The first-order valence-electron chi connectivity index (χ1n) is 28.7. The molecule has 2 aromatic heterocycles. The van der Waals surface area contributed by atoms with Crippen molar-refractivity contribution in [2.24, 2.45) is 11.7 Å². The van der Waals surface area contributed by atoms with Gasteiger partial charge >= 0.3 is 5.97 Å². The van der Waals surface area contributed by atoms with Crippen LogP contribution in [0.25, 0.3) is 21.8 Å². The molecule has 0 radical (unpaired) electrons. The van der Waals surface area contributed by atoms with Crippen molar-refractivity contribution in [2.75, 3.05) is 38.3 Å². The Hall–Kier alpha value is -9.43. The molecule has 8 aromatic carbocycles. The molecule has 86 heavy (non-hydrogen) atoms. The molecule has 12 nitrogen and oxygen atoms in total. The summed E-state index contributed by atoms with van der Waals surface area (Å²) in [6.45, 7) is 8.22. The fraction of sp³-hybridized carbons (Fsp3) is 0.208.